The molecule has 1 fully saturated rings. The molecule has 2 heterocycles. The zero-order valence-electron chi connectivity index (χ0n) is 17.3. The average molecular weight is 388 g/mol. The van der Waals surface area contributed by atoms with E-state index in [-0.39, 0.29) is 18.0 Å². The molecular formula is C21H33N5O2. The van der Waals surface area contributed by atoms with Crippen LogP contribution in [-0.2, 0) is 22.5 Å². The highest BCUT2D eigenvalue weighted by Gasteiger charge is 2.28. The van der Waals surface area contributed by atoms with Crippen molar-refractivity contribution in [3.63, 3.8) is 0 Å². The van der Waals surface area contributed by atoms with Crippen LogP contribution in [0.5, 0.6) is 0 Å². The van der Waals surface area contributed by atoms with Crippen molar-refractivity contribution >= 4 is 11.9 Å². The fourth-order valence-corrected chi connectivity index (χ4v) is 3.78. The summed E-state index contributed by atoms with van der Waals surface area (Å²) in [6.45, 7) is 10.3. The van der Waals surface area contributed by atoms with E-state index in [0.717, 1.165) is 45.8 Å². The first-order valence-corrected chi connectivity index (χ1v) is 10.1. The summed E-state index contributed by atoms with van der Waals surface area (Å²) in [5, 5.41) is 6.54. The van der Waals surface area contributed by atoms with Gasteiger partial charge >= 0.3 is 0 Å². The third-order valence-corrected chi connectivity index (χ3v) is 5.67. The zero-order chi connectivity index (χ0) is 20.0. The second-order valence-electron chi connectivity index (χ2n) is 8.03. The quantitative estimate of drug-likeness (QED) is 0.579. The Morgan fingerprint density at radius 2 is 1.86 bits per heavy atom. The third kappa shape index (κ3) is 5.23. The molecule has 0 radical (unpaired) electrons. The van der Waals surface area contributed by atoms with Crippen molar-refractivity contribution in [3.05, 3.63) is 35.4 Å². The van der Waals surface area contributed by atoms with Crippen LogP contribution >= 0.6 is 0 Å². The molecule has 7 heteroatoms. The molecule has 2 aliphatic rings. The van der Waals surface area contributed by atoms with E-state index in [9.17, 15) is 4.79 Å². The van der Waals surface area contributed by atoms with Crippen molar-refractivity contribution in [3.8, 4) is 0 Å². The molecule has 0 atom stereocenters. The predicted molar refractivity (Wildman–Crippen MR) is 111 cm³/mol. The van der Waals surface area contributed by atoms with Crippen molar-refractivity contribution in [2.45, 2.75) is 32.4 Å². The number of aliphatic imine (C=N–C) groups is 1. The number of guanidine groups is 1. The summed E-state index contributed by atoms with van der Waals surface area (Å²) in [5.74, 6) is 0.761. The number of nitrogens with one attached hydrogen (secondary N) is 2. The molecule has 0 aliphatic carbocycles. The number of rotatable bonds is 5. The zero-order valence-corrected chi connectivity index (χ0v) is 17.3. The lowest BCUT2D eigenvalue weighted by Crippen LogP contribution is -2.57. The molecule has 1 aromatic rings. The molecule has 0 spiro atoms. The van der Waals surface area contributed by atoms with Crippen LogP contribution < -0.4 is 10.6 Å². The highest BCUT2D eigenvalue weighted by molar-refractivity contribution is 5.86. The summed E-state index contributed by atoms with van der Waals surface area (Å²) in [6, 6.07) is 8.35. The maximum atomic E-state index is 12.6. The SMILES string of the molecule is CN=C(NCC(=O)N1CCc2ccccc2C1)NCC(C)(C)N1CCOCC1. The van der Waals surface area contributed by atoms with Gasteiger partial charge in [-0.05, 0) is 31.4 Å². The third-order valence-electron chi connectivity index (χ3n) is 5.67. The van der Waals surface area contributed by atoms with Crippen molar-refractivity contribution in [2.24, 2.45) is 4.99 Å². The summed E-state index contributed by atoms with van der Waals surface area (Å²) in [6.07, 6.45) is 0.919. The van der Waals surface area contributed by atoms with Crippen LogP contribution in [0.25, 0.3) is 0 Å². The number of hydrogen-bond acceptors (Lipinski definition) is 4. The minimum Gasteiger partial charge on any atom is -0.379 e. The standard InChI is InChI=1S/C21H33N5O2/c1-21(2,26-10-12-28-13-11-26)16-24-20(22-3)23-14-19(27)25-9-8-17-6-4-5-7-18(17)15-25/h4-7H,8-16H2,1-3H3,(H2,22,23,24). The van der Waals surface area contributed by atoms with Gasteiger partial charge in [0.2, 0.25) is 5.91 Å². The molecule has 0 bridgehead atoms. The molecule has 3 rings (SSSR count). The lowest BCUT2D eigenvalue weighted by Gasteiger charge is -2.41. The van der Waals surface area contributed by atoms with Gasteiger partial charge in [0, 0.05) is 45.3 Å². The van der Waals surface area contributed by atoms with E-state index in [1.54, 1.807) is 7.05 Å². The minimum absolute atomic E-state index is 0.0119. The monoisotopic (exact) mass is 387 g/mol. The second-order valence-corrected chi connectivity index (χ2v) is 8.03. The fraction of sp³-hybridized carbons (Fsp3) is 0.619. The van der Waals surface area contributed by atoms with Crippen LogP contribution in [0.1, 0.15) is 25.0 Å². The number of morpholine rings is 1. The predicted octanol–water partition coefficient (Wildman–Crippen LogP) is 0.847. The van der Waals surface area contributed by atoms with Gasteiger partial charge in [0.15, 0.2) is 5.96 Å². The Morgan fingerprint density at radius 3 is 2.57 bits per heavy atom. The number of fused-ring (bicyclic) bond motifs is 1. The molecular weight excluding hydrogens is 354 g/mol. The Hall–Kier alpha value is -2.12. The number of carbonyl (C=O) groups is 1. The van der Waals surface area contributed by atoms with Gasteiger partial charge in [0.1, 0.15) is 0 Å². The van der Waals surface area contributed by atoms with Crippen molar-refractivity contribution in [2.75, 3.05) is 53.0 Å². The molecule has 154 valence electrons. The lowest BCUT2D eigenvalue weighted by molar-refractivity contribution is -0.130. The number of carbonyl (C=O) groups excluding carboxylic acids is 1. The molecule has 2 aliphatic heterocycles. The van der Waals surface area contributed by atoms with Gasteiger partial charge in [-0.3, -0.25) is 14.7 Å². The molecule has 7 nitrogen and oxygen atoms in total. The fourth-order valence-electron chi connectivity index (χ4n) is 3.78. The Kier molecular flexibility index (Phi) is 6.91. The molecule has 0 unspecified atom stereocenters. The lowest BCUT2D eigenvalue weighted by atomic mass is 10.00. The maximum absolute atomic E-state index is 12.6. The molecule has 28 heavy (non-hydrogen) atoms. The van der Waals surface area contributed by atoms with Gasteiger partial charge in [-0.2, -0.15) is 0 Å². The Morgan fingerprint density at radius 1 is 1.14 bits per heavy atom. The average Bonchev–Trinajstić information content (AvgIpc) is 2.74. The summed E-state index contributed by atoms with van der Waals surface area (Å²) in [7, 11) is 1.73. The van der Waals surface area contributed by atoms with Crippen molar-refractivity contribution in [1.29, 1.82) is 0 Å². The van der Waals surface area contributed by atoms with Gasteiger partial charge in [-0.25, -0.2) is 0 Å². The van der Waals surface area contributed by atoms with Gasteiger partial charge in [-0.1, -0.05) is 24.3 Å². The minimum atomic E-state index is -0.0119. The van der Waals surface area contributed by atoms with E-state index in [2.05, 4.69) is 52.6 Å². The van der Waals surface area contributed by atoms with Crippen molar-refractivity contribution in [1.82, 2.24) is 20.4 Å². The van der Waals surface area contributed by atoms with E-state index in [0.29, 0.717) is 12.5 Å². The first-order chi connectivity index (χ1) is 13.5. The summed E-state index contributed by atoms with van der Waals surface area (Å²) in [4.78, 5) is 21.2. The first-order valence-electron chi connectivity index (χ1n) is 10.1. The number of ether oxygens (including phenoxy) is 1. The second kappa shape index (κ2) is 9.39. The maximum Gasteiger partial charge on any atom is 0.242 e. The van der Waals surface area contributed by atoms with E-state index in [1.165, 1.54) is 11.1 Å². The molecule has 1 amide bonds. The van der Waals surface area contributed by atoms with Crippen LogP contribution in [0.4, 0.5) is 0 Å². The first kappa shape index (κ1) is 20.6. The van der Waals surface area contributed by atoms with E-state index >= 15 is 0 Å². The van der Waals surface area contributed by atoms with Gasteiger partial charge in [-0.15, -0.1) is 0 Å². The Balaban J connectivity index is 1.45. The number of amides is 1. The van der Waals surface area contributed by atoms with Gasteiger partial charge < -0.3 is 20.3 Å². The van der Waals surface area contributed by atoms with Crippen LogP contribution in [0.3, 0.4) is 0 Å². The molecule has 0 saturated carbocycles. The molecule has 0 aromatic heterocycles. The molecule has 1 aromatic carbocycles. The number of nitrogens with zero attached hydrogens (tertiary/aromatic N) is 3. The highest BCUT2D eigenvalue weighted by Crippen LogP contribution is 2.18. The van der Waals surface area contributed by atoms with E-state index in [1.807, 2.05) is 11.0 Å². The number of hydrogen-bond donors (Lipinski definition) is 2. The number of benzene rings is 1. The van der Waals surface area contributed by atoms with Gasteiger partial charge in [0.05, 0.1) is 19.8 Å². The summed E-state index contributed by atoms with van der Waals surface area (Å²) in [5.41, 5.74) is 2.58. The Bertz CT molecular complexity index is 698. The van der Waals surface area contributed by atoms with Crippen LogP contribution in [0.2, 0.25) is 0 Å². The van der Waals surface area contributed by atoms with E-state index < -0.39 is 0 Å². The molecule has 2 N–H and O–H groups in total. The van der Waals surface area contributed by atoms with Crippen LogP contribution in [-0.4, -0.2) is 80.2 Å². The highest BCUT2D eigenvalue weighted by atomic mass is 16.5. The summed E-state index contributed by atoms with van der Waals surface area (Å²) < 4.78 is 5.45. The molecule has 1 saturated heterocycles. The topological polar surface area (TPSA) is 69.2 Å². The van der Waals surface area contributed by atoms with Gasteiger partial charge in [0.25, 0.3) is 0 Å². The van der Waals surface area contributed by atoms with E-state index in [4.69, 9.17) is 4.74 Å². The van der Waals surface area contributed by atoms with Crippen molar-refractivity contribution < 1.29 is 9.53 Å². The smallest absolute Gasteiger partial charge is 0.242 e. The normalized spacial score (nSPS) is 18.5. The summed E-state index contributed by atoms with van der Waals surface area (Å²) >= 11 is 0. The van der Waals surface area contributed by atoms with Crippen LogP contribution in [0, 0.1) is 0 Å². The Labute approximate surface area is 168 Å². The van der Waals surface area contributed by atoms with Crippen LogP contribution in [0.15, 0.2) is 29.3 Å². The largest absolute Gasteiger partial charge is 0.379 e.